The van der Waals surface area contributed by atoms with Crippen molar-refractivity contribution in [2.45, 2.75) is 25.3 Å². The highest BCUT2D eigenvalue weighted by molar-refractivity contribution is 7.90. The van der Waals surface area contributed by atoms with Gasteiger partial charge in [-0.15, -0.1) is 0 Å². The zero-order valence-corrected chi connectivity index (χ0v) is 12.7. The summed E-state index contributed by atoms with van der Waals surface area (Å²) in [6.07, 6.45) is 4.43. The lowest BCUT2D eigenvalue weighted by molar-refractivity contribution is 0.480. The van der Waals surface area contributed by atoms with Crippen LogP contribution in [0.4, 0.5) is 0 Å². The SMILES string of the molecule is CS(=O)(=O)CCCNC(c1ccc(Cl)cc1)C1CC1. The zero-order valence-electron chi connectivity index (χ0n) is 11.1. The highest BCUT2D eigenvalue weighted by atomic mass is 35.5. The molecule has 0 heterocycles. The van der Waals surface area contributed by atoms with Gasteiger partial charge in [0.05, 0.1) is 5.75 Å². The standard InChI is InChI=1S/C14H20ClNO2S/c1-19(17,18)10-2-9-16-14(11-3-4-11)12-5-7-13(15)8-6-12/h5-8,11,14,16H,2-4,9-10H2,1H3. The fourth-order valence-electron chi connectivity index (χ4n) is 2.25. The van der Waals surface area contributed by atoms with Gasteiger partial charge in [0.1, 0.15) is 9.84 Å². The lowest BCUT2D eigenvalue weighted by atomic mass is 10.0. The molecule has 1 saturated carbocycles. The van der Waals surface area contributed by atoms with Crippen molar-refractivity contribution in [3.05, 3.63) is 34.9 Å². The summed E-state index contributed by atoms with van der Waals surface area (Å²) in [5.74, 6) is 0.928. The van der Waals surface area contributed by atoms with E-state index in [1.54, 1.807) is 0 Å². The Morgan fingerprint density at radius 2 is 1.95 bits per heavy atom. The quantitative estimate of drug-likeness (QED) is 0.788. The van der Waals surface area contributed by atoms with Gasteiger partial charge in [-0.2, -0.15) is 0 Å². The van der Waals surface area contributed by atoms with Gasteiger partial charge in [-0.3, -0.25) is 0 Å². The first-order valence-electron chi connectivity index (χ1n) is 6.62. The number of halogens is 1. The maximum atomic E-state index is 11.1. The minimum atomic E-state index is -2.85. The van der Waals surface area contributed by atoms with E-state index in [-0.39, 0.29) is 5.75 Å². The largest absolute Gasteiger partial charge is 0.310 e. The molecule has 1 unspecified atom stereocenters. The van der Waals surface area contributed by atoms with Crippen LogP contribution in [0.3, 0.4) is 0 Å². The molecule has 5 heteroatoms. The third kappa shape index (κ3) is 5.13. The van der Waals surface area contributed by atoms with Crippen LogP contribution in [0.1, 0.15) is 30.9 Å². The first kappa shape index (κ1) is 14.8. The number of hydrogen-bond acceptors (Lipinski definition) is 3. The topological polar surface area (TPSA) is 46.2 Å². The molecule has 0 radical (unpaired) electrons. The van der Waals surface area contributed by atoms with E-state index in [1.165, 1.54) is 24.7 Å². The molecule has 0 bridgehead atoms. The van der Waals surface area contributed by atoms with Crippen LogP contribution in [0, 0.1) is 5.92 Å². The molecule has 1 N–H and O–H groups in total. The van der Waals surface area contributed by atoms with Crippen LogP contribution in [0.25, 0.3) is 0 Å². The molecule has 106 valence electrons. The Bertz CT molecular complexity index is 509. The first-order chi connectivity index (χ1) is 8.96. The molecular weight excluding hydrogens is 282 g/mol. The van der Waals surface area contributed by atoms with Gasteiger partial charge in [0.2, 0.25) is 0 Å². The summed E-state index contributed by atoms with van der Waals surface area (Å²) in [4.78, 5) is 0. The predicted molar refractivity (Wildman–Crippen MR) is 79.2 cm³/mol. The summed E-state index contributed by atoms with van der Waals surface area (Å²) in [5.41, 5.74) is 1.24. The molecule has 1 fully saturated rings. The third-order valence-corrected chi connectivity index (χ3v) is 4.66. The van der Waals surface area contributed by atoms with Crippen molar-refractivity contribution in [3.63, 3.8) is 0 Å². The second-order valence-corrected chi connectivity index (χ2v) is 8.00. The van der Waals surface area contributed by atoms with Crippen molar-refractivity contribution in [2.75, 3.05) is 18.6 Å². The van der Waals surface area contributed by atoms with Gasteiger partial charge in [0.25, 0.3) is 0 Å². The lowest BCUT2D eigenvalue weighted by Crippen LogP contribution is -2.25. The van der Waals surface area contributed by atoms with Crippen molar-refractivity contribution in [2.24, 2.45) is 5.92 Å². The molecular formula is C14H20ClNO2S. The molecule has 0 saturated heterocycles. The average molecular weight is 302 g/mol. The first-order valence-corrected chi connectivity index (χ1v) is 9.06. The van der Waals surface area contributed by atoms with E-state index in [2.05, 4.69) is 17.4 Å². The van der Waals surface area contributed by atoms with Gasteiger partial charge < -0.3 is 5.32 Å². The maximum absolute atomic E-state index is 11.1. The number of hydrogen-bond donors (Lipinski definition) is 1. The van der Waals surface area contributed by atoms with Crippen LogP contribution in [0.15, 0.2) is 24.3 Å². The molecule has 0 amide bonds. The van der Waals surface area contributed by atoms with Gasteiger partial charge in [-0.1, -0.05) is 23.7 Å². The monoisotopic (exact) mass is 301 g/mol. The molecule has 3 nitrogen and oxygen atoms in total. The Hall–Kier alpha value is -0.580. The fraction of sp³-hybridized carbons (Fsp3) is 0.571. The Labute approximate surface area is 120 Å². The van der Waals surface area contributed by atoms with Crippen molar-refractivity contribution in [3.8, 4) is 0 Å². The van der Waals surface area contributed by atoms with E-state index in [9.17, 15) is 8.42 Å². The normalized spacial score (nSPS) is 17.4. The van der Waals surface area contributed by atoms with Gasteiger partial charge in [-0.05, 0) is 49.4 Å². The summed E-state index contributed by atoms with van der Waals surface area (Å²) in [7, 11) is -2.85. The Morgan fingerprint density at radius 3 is 2.47 bits per heavy atom. The highest BCUT2D eigenvalue weighted by Crippen LogP contribution is 2.41. The second kappa shape index (κ2) is 6.25. The molecule has 0 aliphatic heterocycles. The predicted octanol–water partition coefficient (Wildman–Crippen LogP) is 2.82. The van der Waals surface area contributed by atoms with E-state index in [0.29, 0.717) is 18.4 Å². The summed E-state index contributed by atoms with van der Waals surface area (Å²) in [6.45, 7) is 0.733. The van der Waals surface area contributed by atoms with Crippen LogP contribution in [0.2, 0.25) is 5.02 Å². The van der Waals surface area contributed by atoms with Gasteiger partial charge in [0, 0.05) is 17.3 Å². The molecule has 19 heavy (non-hydrogen) atoms. The number of benzene rings is 1. The van der Waals surface area contributed by atoms with Crippen LogP contribution >= 0.6 is 11.6 Å². The molecule has 2 rings (SSSR count). The van der Waals surface area contributed by atoms with Crippen LogP contribution < -0.4 is 5.32 Å². The van der Waals surface area contributed by atoms with Crippen LogP contribution in [0.5, 0.6) is 0 Å². The summed E-state index contributed by atoms with van der Waals surface area (Å²) >= 11 is 5.90. The van der Waals surface area contributed by atoms with E-state index in [1.807, 2.05) is 12.1 Å². The number of sulfone groups is 1. The summed E-state index contributed by atoms with van der Waals surface area (Å²) in [6, 6.07) is 8.25. The Kier molecular flexibility index (Phi) is 4.87. The second-order valence-electron chi connectivity index (χ2n) is 5.30. The van der Waals surface area contributed by atoms with Crippen molar-refractivity contribution < 1.29 is 8.42 Å². The average Bonchev–Trinajstić information content (AvgIpc) is 3.14. The van der Waals surface area contributed by atoms with Gasteiger partial charge >= 0.3 is 0 Å². The van der Waals surface area contributed by atoms with Crippen molar-refractivity contribution in [1.82, 2.24) is 5.32 Å². The lowest BCUT2D eigenvalue weighted by Gasteiger charge is -2.18. The molecule has 1 aliphatic carbocycles. The van der Waals surface area contributed by atoms with Gasteiger partial charge in [0.15, 0.2) is 0 Å². The van der Waals surface area contributed by atoms with Crippen LogP contribution in [-0.4, -0.2) is 27.0 Å². The van der Waals surface area contributed by atoms with E-state index in [4.69, 9.17) is 11.6 Å². The van der Waals surface area contributed by atoms with E-state index in [0.717, 1.165) is 11.6 Å². The van der Waals surface area contributed by atoms with E-state index >= 15 is 0 Å². The molecule has 1 aromatic carbocycles. The fourth-order valence-corrected chi connectivity index (χ4v) is 3.04. The molecule has 0 aromatic heterocycles. The Balaban J connectivity index is 1.88. The number of nitrogens with one attached hydrogen (secondary N) is 1. The molecule has 1 atom stereocenters. The Morgan fingerprint density at radius 1 is 1.32 bits per heavy atom. The maximum Gasteiger partial charge on any atom is 0.147 e. The van der Waals surface area contributed by atoms with Crippen molar-refractivity contribution in [1.29, 1.82) is 0 Å². The smallest absolute Gasteiger partial charge is 0.147 e. The number of rotatable bonds is 7. The minimum Gasteiger partial charge on any atom is -0.310 e. The summed E-state index contributed by atoms with van der Waals surface area (Å²) in [5, 5.41) is 4.23. The highest BCUT2D eigenvalue weighted by Gasteiger charge is 2.31. The minimum absolute atomic E-state index is 0.248. The van der Waals surface area contributed by atoms with E-state index < -0.39 is 9.84 Å². The zero-order chi connectivity index (χ0) is 13.9. The summed E-state index contributed by atoms with van der Waals surface area (Å²) < 4.78 is 22.2. The van der Waals surface area contributed by atoms with Crippen molar-refractivity contribution >= 4 is 21.4 Å². The van der Waals surface area contributed by atoms with Gasteiger partial charge in [-0.25, -0.2) is 8.42 Å². The molecule has 1 aromatic rings. The third-order valence-electron chi connectivity index (χ3n) is 3.38. The molecule has 0 spiro atoms. The van der Waals surface area contributed by atoms with Crippen LogP contribution in [-0.2, 0) is 9.84 Å². The molecule has 1 aliphatic rings.